The first-order chi connectivity index (χ1) is 8.66. The van der Waals surface area contributed by atoms with Crippen LogP contribution in [0.5, 0.6) is 5.75 Å². The first-order valence-corrected chi connectivity index (χ1v) is 6.16. The van der Waals surface area contributed by atoms with Gasteiger partial charge in [-0.1, -0.05) is 12.1 Å². The summed E-state index contributed by atoms with van der Waals surface area (Å²) in [5.74, 6) is 0.210. The summed E-state index contributed by atoms with van der Waals surface area (Å²) in [5.41, 5.74) is 1.12. The molecule has 0 spiro atoms. The van der Waals surface area contributed by atoms with Gasteiger partial charge in [-0.05, 0) is 24.6 Å². The van der Waals surface area contributed by atoms with E-state index in [1.165, 1.54) is 0 Å². The van der Waals surface area contributed by atoms with E-state index in [2.05, 4.69) is 21.9 Å². The first kappa shape index (κ1) is 16.1. The van der Waals surface area contributed by atoms with Crippen molar-refractivity contribution < 1.29 is 13.5 Å². The smallest absolute Gasteiger partial charge is 0.387 e. The van der Waals surface area contributed by atoms with Crippen LogP contribution < -0.4 is 10.1 Å². The lowest BCUT2D eigenvalue weighted by Gasteiger charge is -2.33. The van der Waals surface area contributed by atoms with E-state index in [1.54, 1.807) is 12.1 Å². The molecule has 19 heavy (non-hydrogen) atoms. The van der Waals surface area contributed by atoms with Crippen LogP contribution in [0.1, 0.15) is 18.5 Å². The fourth-order valence-electron chi connectivity index (χ4n) is 2.21. The molecular weight excluding hydrogens is 274 g/mol. The summed E-state index contributed by atoms with van der Waals surface area (Å²) in [5, 5.41) is 3.31. The highest BCUT2D eigenvalue weighted by atomic mass is 35.5. The number of alkyl halides is 2. The van der Waals surface area contributed by atoms with Crippen molar-refractivity contribution in [2.24, 2.45) is 0 Å². The van der Waals surface area contributed by atoms with Gasteiger partial charge in [-0.25, -0.2) is 0 Å². The number of nitrogens with one attached hydrogen (secondary N) is 1. The van der Waals surface area contributed by atoms with Crippen molar-refractivity contribution in [1.29, 1.82) is 0 Å². The molecular formula is C13H19ClF2N2O. The molecule has 2 rings (SSSR count). The van der Waals surface area contributed by atoms with Crippen LogP contribution in [0, 0.1) is 0 Å². The van der Waals surface area contributed by atoms with Crippen LogP contribution in [-0.4, -0.2) is 37.7 Å². The van der Waals surface area contributed by atoms with Gasteiger partial charge in [-0.2, -0.15) is 8.78 Å². The molecule has 0 aliphatic carbocycles. The van der Waals surface area contributed by atoms with Crippen LogP contribution in [0.3, 0.4) is 0 Å². The number of nitrogens with zero attached hydrogens (tertiary/aromatic N) is 1. The van der Waals surface area contributed by atoms with Crippen molar-refractivity contribution in [3.05, 3.63) is 29.8 Å². The third kappa shape index (κ3) is 4.60. The first-order valence-electron chi connectivity index (χ1n) is 6.16. The van der Waals surface area contributed by atoms with Crippen molar-refractivity contribution in [1.82, 2.24) is 10.2 Å². The minimum absolute atomic E-state index is 0. The van der Waals surface area contributed by atoms with E-state index in [-0.39, 0.29) is 18.2 Å². The second-order valence-electron chi connectivity index (χ2n) is 4.41. The summed E-state index contributed by atoms with van der Waals surface area (Å²) in [6.45, 7) is 3.39. The van der Waals surface area contributed by atoms with Gasteiger partial charge in [0.2, 0.25) is 0 Å². The summed E-state index contributed by atoms with van der Waals surface area (Å²) in [4.78, 5) is 2.37. The topological polar surface area (TPSA) is 24.5 Å². The maximum Gasteiger partial charge on any atom is 0.387 e. The average Bonchev–Trinajstić information content (AvgIpc) is 2.39. The maximum atomic E-state index is 12.0. The summed E-state index contributed by atoms with van der Waals surface area (Å²) in [6, 6.07) is 7.20. The number of hydrogen-bond donors (Lipinski definition) is 1. The van der Waals surface area contributed by atoms with Crippen LogP contribution in [-0.2, 0) is 0 Å². The Morgan fingerprint density at radius 3 is 2.26 bits per heavy atom. The molecule has 108 valence electrons. The molecule has 1 atom stereocenters. The average molecular weight is 293 g/mol. The number of halogens is 3. The molecule has 1 aromatic rings. The van der Waals surface area contributed by atoms with Gasteiger partial charge in [-0.15, -0.1) is 12.4 Å². The number of rotatable bonds is 4. The second-order valence-corrected chi connectivity index (χ2v) is 4.41. The molecule has 1 heterocycles. The van der Waals surface area contributed by atoms with Gasteiger partial charge in [-0.3, -0.25) is 4.90 Å². The summed E-state index contributed by atoms with van der Waals surface area (Å²) < 4.78 is 28.4. The molecule has 0 amide bonds. The second kappa shape index (κ2) is 7.62. The Balaban J connectivity index is 0.00000180. The van der Waals surface area contributed by atoms with E-state index in [1.807, 2.05) is 12.1 Å². The summed E-state index contributed by atoms with van der Waals surface area (Å²) in [6.07, 6.45) is 0. The molecule has 1 N–H and O–H groups in total. The predicted molar refractivity (Wildman–Crippen MR) is 73.2 cm³/mol. The molecule has 1 aliphatic heterocycles. The largest absolute Gasteiger partial charge is 0.435 e. The summed E-state index contributed by atoms with van der Waals surface area (Å²) >= 11 is 0. The highest BCUT2D eigenvalue weighted by Gasteiger charge is 2.17. The Labute approximate surface area is 118 Å². The van der Waals surface area contributed by atoms with E-state index in [0.717, 1.165) is 31.7 Å². The van der Waals surface area contributed by atoms with Gasteiger partial charge in [0.1, 0.15) is 5.75 Å². The van der Waals surface area contributed by atoms with Crippen molar-refractivity contribution in [3.63, 3.8) is 0 Å². The fourth-order valence-corrected chi connectivity index (χ4v) is 2.21. The Hall–Kier alpha value is -0.910. The van der Waals surface area contributed by atoms with Gasteiger partial charge >= 0.3 is 6.61 Å². The van der Waals surface area contributed by atoms with E-state index in [4.69, 9.17) is 0 Å². The Kier molecular flexibility index (Phi) is 6.48. The van der Waals surface area contributed by atoms with Gasteiger partial charge in [0.25, 0.3) is 0 Å². The number of ether oxygens (including phenoxy) is 1. The van der Waals surface area contributed by atoms with Crippen molar-refractivity contribution in [2.75, 3.05) is 26.2 Å². The summed E-state index contributed by atoms with van der Waals surface area (Å²) in [7, 11) is 0. The molecule has 1 fully saturated rings. The van der Waals surface area contributed by atoms with Crippen LogP contribution in [0.15, 0.2) is 24.3 Å². The highest BCUT2D eigenvalue weighted by molar-refractivity contribution is 5.85. The monoisotopic (exact) mass is 292 g/mol. The Bertz CT molecular complexity index is 369. The van der Waals surface area contributed by atoms with Crippen LogP contribution in [0.25, 0.3) is 0 Å². The SMILES string of the molecule is C[C@H](c1ccc(OC(F)F)cc1)N1CCNCC1.Cl. The predicted octanol–water partition coefficient (Wildman–Crippen LogP) is 2.68. The Morgan fingerprint density at radius 2 is 1.74 bits per heavy atom. The van der Waals surface area contributed by atoms with Crippen molar-refractivity contribution in [3.8, 4) is 5.75 Å². The zero-order valence-corrected chi connectivity index (χ0v) is 11.6. The minimum Gasteiger partial charge on any atom is -0.435 e. The molecule has 0 saturated carbocycles. The molecule has 3 nitrogen and oxygen atoms in total. The molecule has 1 aromatic carbocycles. The van der Waals surface area contributed by atoms with Gasteiger partial charge < -0.3 is 10.1 Å². The van der Waals surface area contributed by atoms with E-state index in [0.29, 0.717) is 6.04 Å². The fraction of sp³-hybridized carbons (Fsp3) is 0.538. The molecule has 1 aliphatic rings. The third-order valence-corrected chi connectivity index (χ3v) is 3.29. The molecule has 0 bridgehead atoms. The quantitative estimate of drug-likeness (QED) is 0.923. The maximum absolute atomic E-state index is 12.0. The van der Waals surface area contributed by atoms with Crippen LogP contribution >= 0.6 is 12.4 Å². The van der Waals surface area contributed by atoms with E-state index >= 15 is 0 Å². The molecule has 6 heteroatoms. The van der Waals surface area contributed by atoms with Gasteiger partial charge in [0.05, 0.1) is 0 Å². The molecule has 1 saturated heterocycles. The van der Waals surface area contributed by atoms with E-state index in [9.17, 15) is 8.78 Å². The number of hydrogen-bond acceptors (Lipinski definition) is 3. The van der Waals surface area contributed by atoms with E-state index < -0.39 is 6.61 Å². The third-order valence-electron chi connectivity index (χ3n) is 3.29. The number of benzene rings is 1. The van der Waals surface area contributed by atoms with Crippen molar-refractivity contribution >= 4 is 12.4 Å². The lowest BCUT2D eigenvalue weighted by Crippen LogP contribution is -2.44. The zero-order chi connectivity index (χ0) is 13.0. The highest BCUT2D eigenvalue weighted by Crippen LogP contribution is 2.23. The van der Waals surface area contributed by atoms with Crippen LogP contribution in [0.2, 0.25) is 0 Å². The molecule has 0 radical (unpaired) electrons. The molecule has 0 aromatic heterocycles. The standard InChI is InChI=1S/C13H18F2N2O.ClH/c1-10(17-8-6-16-7-9-17)11-2-4-12(5-3-11)18-13(14)15;/h2-5,10,13,16H,6-9H2,1H3;1H/t10-;/m1./s1. The minimum atomic E-state index is -2.76. The van der Waals surface area contributed by atoms with Gasteiger partial charge in [0.15, 0.2) is 0 Å². The van der Waals surface area contributed by atoms with Gasteiger partial charge in [0, 0.05) is 32.2 Å². The number of piperazine rings is 1. The molecule has 0 unspecified atom stereocenters. The van der Waals surface area contributed by atoms with Crippen LogP contribution in [0.4, 0.5) is 8.78 Å². The van der Waals surface area contributed by atoms with Crippen molar-refractivity contribution in [2.45, 2.75) is 19.6 Å². The zero-order valence-electron chi connectivity index (χ0n) is 10.8. The lowest BCUT2D eigenvalue weighted by molar-refractivity contribution is -0.0498. The normalized spacial score (nSPS) is 17.9. The Morgan fingerprint density at radius 1 is 1.16 bits per heavy atom. The lowest BCUT2D eigenvalue weighted by atomic mass is 10.1.